The normalized spacial score (nSPS) is 20.3. The van der Waals surface area contributed by atoms with Crippen LogP contribution in [0.4, 0.5) is 0 Å². The zero-order chi connectivity index (χ0) is 17.4. The highest BCUT2D eigenvalue weighted by Gasteiger charge is 2.44. The summed E-state index contributed by atoms with van der Waals surface area (Å²) < 4.78 is 29.6. The van der Waals surface area contributed by atoms with Crippen molar-refractivity contribution in [3.05, 3.63) is 29.8 Å². The van der Waals surface area contributed by atoms with Gasteiger partial charge in [0.1, 0.15) is 0 Å². The van der Waals surface area contributed by atoms with Gasteiger partial charge in [0, 0.05) is 0 Å². The van der Waals surface area contributed by atoms with E-state index in [0.717, 1.165) is 12.8 Å². The van der Waals surface area contributed by atoms with Crippen molar-refractivity contribution < 1.29 is 17.9 Å². The highest BCUT2D eigenvalue weighted by atomic mass is 32.2. The van der Waals surface area contributed by atoms with Gasteiger partial charge in [-0.1, -0.05) is 0 Å². The third-order valence-electron chi connectivity index (χ3n) is 5.61. The molecule has 0 radical (unpaired) electrons. The van der Waals surface area contributed by atoms with Crippen LogP contribution in [0.5, 0.6) is 0 Å². The average Bonchev–Trinajstić information content (AvgIpc) is 3.33. The number of benzene rings is 1. The lowest BCUT2D eigenvalue weighted by Gasteiger charge is -2.27. The van der Waals surface area contributed by atoms with Crippen LogP contribution in [0.25, 0.3) is 0 Å². The number of ether oxygens (including phenoxy) is 1. The summed E-state index contributed by atoms with van der Waals surface area (Å²) in [7, 11) is -3.31. The molecule has 1 spiro atoms. The van der Waals surface area contributed by atoms with Crippen LogP contribution in [-0.2, 0) is 14.6 Å². The van der Waals surface area contributed by atoms with Crippen LogP contribution in [-0.4, -0.2) is 26.2 Å². The molecule has 1 aromatic rings. The number of esters is 1. The first-order valence-electron chi connectivity index (χ1n) is 8.84. The molecule has 132 valence electrons. The second kappa shape index (κ2) is 6.51. The van der Waals surface area contributed by atoms with Crippen molar-refractivity contribution in [2.45, 2.75) is 62.5 Å². The van der Waals surface area contributed by atoms with Crippen LogP contribution in [0, 0.1) is 11.3 Å². The molecule has 1 aromatic carbocycles. The van der Waals surface area contributed by atoms with Gasteiger partial charge in [-0.05, 0) is 88.0 Å². The van der Waals surface area contributed by atoms with E-state index in [1.54, 1.807) is 13.8 Å². The fourth-order valence-electron chi connectivity index (χ4n) is 3.46. The van der Waals surface area contributed by atoms with Crippen LogP contribution < -0.4 is 0 Å². The van der Waals surface area contributed by atoms with Crippen molar-refractivity contribution in [2.75, 3.05) is 6.61 Å². The first-order chi connectivity index (χ1) is 11.3. The fraction of sp³-hybridized carbons (Fsp3) is 0.632. The summed E-state index contributed by atoms with van der Waals surface area (Å²) in [6, 6.07) is 6.06. The van der Waals surface area contributed by atoms with Crippen LogP contribution in [0.15, 0.2) is 29.2 Å². The van der Waals surface area contributed by atoms with Crippen molar-refractivity contribution in [3.63, 3.8) is 0 Å². The number of sulfone groups is 1. The molecule has 2 fully saturated rings. The largest absolute Gasteiger partial charge is 0.462 e. The van der Waals surface area contributed by atoms with Gasteiger partial charge < -0.3 is 4.74 Å². The number of hydrogen-bond acceptors (Lipinski definition) is 4. The fourth-order valence-corrected chi connectivity index (χ4v) is 4.52. The maximum absolute atomic E-state index is 12.2. The molecule has 2 saturated carbocycles. The van der Waals surface area contributed by atoms with E-state index in [9.17, 15) is 13.2 Å². The van der Waals surface area contributed by atoms with Crippen molar-refractivity contribution in [2.24, 2.45) is 11.3 Å². The SMILES string of the molecule is CC(C)S(=O)(=O)c1ccc(C(=O)OCC2CCC3(CC2)CC3)cc1. The van der Waals surface area contributed by atoms with Crippen LogP contribution >= 0.6 is 0 Å². The number of carbonyl (C=O) groups is 1. The summed E-state index contributed by atoms with van der Waals surface area (Å²) in [6.07, 6.45) is 7.61. The quantitative estimate of drug-likeness (QED) is 0.753. The van der Waals surface area contributed by atoms with Gasteiger partial charge in [-0.2, -0.15) is 0 Å². The molecule has 4 nitrogen and oxygen atoms in total. The van der Waals surface area contributed by atoms with Crippen molar-refractivity contribution in [1.29, 1.82) is 0 Å². The van der Waals surface area contributed by atoms with Gasteiger partial charge in [-0.3, -0.25) is 0 Å². The second-order valence-electron chi connectivity index (χ2n) is 7.66. The molecule has 3 rings (SSSR count). The molecular formula is C19H26O4S. The van der Waals surface area contributed by atoms with Crippen molar-refractivity contribution in [3.8, 4) is 0 Å². The van der Waals surface area contributed by atoms with Crippen molar-refractivity contribution in [1.82, 2.24) is 0 Å². The molecule has 0 aliphatic heterocycles. The van der Waals surface area contributed by atoms with Gasteiger partial charge in [0.25, 0.3) is 0 Å². The minimum Gasteiger partial charge on any atom is -0.462 e. The van der Waals surface area contributed by atoms with E-state index in [4.69, 9.17) is 4.74 Å². The molecule has 0 bridgehead atoms. The number of carbonyl (C=O) groups excluding carboxylic acids is 1. The second-order valence-corrected chi connectivity index (χ2v) is 10.2. The maximum atomic E-state index is 12.2. The predicted molar refractivity (Wildman–Crippen MR) is 92.7 cm³/mol. The highest BCUT2D eigenvalue weighted by Crippen LogP contribution is 2.57. The average molecular weight is 350 g/mol. The van der Waals surface area contributed by atoms with E-state index < -0.39 is 15.1 Å². The lowest BCUT2D eigenvalue weighted by atomic mass is 9.80. The Balaban J connectivity index is 1.53. The van der Waals surface area contributed by atoms with Gasteiger partial charge in [0.2, 0.25) is 0 Å². The standard InChI is InChI=1S/C19H26O4S/c1-14(2)24(21,22)17-5-3-16(4-6-17)18(20)23-13-15-7-9-19(10-8-15)11-12-19/h3-6,14-15H,7-13H2,1-2H3. The predicted octanol–water partition coefficient (Wildman–Crippen LogP) is 4.00. The van der Waals surface area contributed by atoms with Gasteiger partial charge in [0.15, 0.2) is 9.84 Å². The van der Waals surface area contributed by atoms with Gasteiger partial charge in [-0.25, -0.2) is 13.2 Å². The summed E-state index contributed by atoms with van der Waals surface area (Å²) in [6.45, 7) is 3.77. The van der Waals surface area contributed by atoms with Gasteiger partial charge >= 0.3 is 5.97 Å². The topological polar surface area (TPSA) is 60.4 Å². The molecule has 0 amide bonds. The zero-order valence-electron chi connectivity index (χ0n) is 14.5. The molecule has 0 aromatic heterocycles. The molecule has 0 heterocycles. The van der Waals surface area contributed by atoms with Crippen molar-refractivity contribution >= 4 is 15.8 Å². The molecule has 0 N–H and O–H groups in total. The number of rotatable bonds is 5. The summed E-state index contributed by atoms with van der Waals surface area (Å²) in [5.74, 6) is 0.107. The Morgan fingerprint density at radius 2 is 1.71 bits per heavy atom. The summed E-state index contributed by atoms with van der Waals surface area (Å²) in [5, 5.41) is -0.476. The Morgan fingerprint density at radius 1 is 1.12 bits per heavy atom. The Labute approximate surface area is 144 Å². The molecule has 0 atom stereocenters. The summed E-state index contributed by atoms with van der Waals surface area (Å²) >= 11 is 0. The lowest BCUT2D eigenvalue weighted by Crippen LogP contribution is -2.21. The van der Waals surface area contributed by atoms with Crippen LogP contribution in [0.3, 0.4) is 0 Å². The Bertz CT molecular complexity index is 689. The minimum absolute atomic E-state index is 0.246. The Morgan fingerprint density at radius 3 is 2.21 bits per heavy atom. The molecule has 5 heteroatoms. The maximum Gasteiger partial charge on any atom is 0.338 e. The lowest BCUT2D eigenvalue weighted by molar-refractivity contribution is 0.0389. The smallest absolute Gasteiger partial charge is 0.338 e. The van der Waals surface area contributed by atoms with E-state index in [2.05, 4.69) is 0 Å². The minimum atomic E-state index is -3.31. The Kier molecular flexibility index (Phi) is 4.73. The Hall–Kier alpha value is -1.36. The number of hydrogen-bond donors (Lipinski definition) is 0. The summed E-state index contributed by atoms with van der Waals surface area (Å²) in [4.78, 5) is 12.4. The van der Waals surface area contributed by atoms with E-state index in [0.29, 0.717) is 23.5 Å². The third-order valence-corrected chi connectivity index (χ3v) is 7.78. The van der Waals surface area contributed by atoms with Crippen LogP contribution in [0.2, 0.25) is 0 Å². The highest BCUT2D eigenvalue weighted by molar-refractivity contribution is 7.92. The van der Waals surface area contributed by atoms with Crippen LogP contribution in [0.1, 0.15) is 62.7 Å². The molecule has 0 unspecified atom stereocenters. The molecular weight excluding hydrogens is 324 g/mol. The molecule has 2 aliphatic carbocycles. The van der Waals surface area contributed by atoms with E-state index in [1.165, 1.54) is 49.9 Å². The first kappa shape index (κ1) is 17.5. The van der Waals surface area contributed by atoms with Gasteiger partial charge in [0.05, 0.1) is 22.3 Å². The van der Waals surface area contributed by atoms with E-state index in [1.807, 2.05) is 0 Å². The zero-order valence-corrected chi connectivity index (χ0v) is 15.3. The monoisotopic (exact) mass is 350 g/mol. The van der Waals surface area contributed by atoms with E-state index >= 15 is 0 Å². The first-order valence-corrected chi connectivity index (χ1v) is 10.4. The summed E-state index contributed by atoms with van der Waals surface area (Å²) in [5.41, 5.74) is 1.06. The molecule has 24 heavy (non-hydrogen) atoms. The molecule has 0 saturated heterocycles. The van der Waals surface area contributed by atoms with Gasteiger partial charge in [-0.15, -0.1) is 0 Å². The van der Waals surface area contributed by atoms with E-state index in [-0.39, 0.29) is 10.9 Å². The molecule has 2 aliphatic rings. The third kappa shape index (κ3) is 3.66.